The number of aromatic hydroxyl groups is 1. The van der Waals surface area contributed by atoms with Crippen LogP contribution in [0.25, 0.3) is 5.76 Å². The van der Waals surface area contributed by atoms with E-state index in [-0.39, 0.29) is 23.1 Å². The summed E-state index contributed by atoms with van der Waals surface area (Å²) in [6.07, 6.45) is -4.00. The van der Waals surface area contributed by atoms with Gasteiger partial charge in [-0.1, -0.05) is 12.1 Å². The summed E-state index contributed by atoms with van der Waals surface area (Å²) < 4.78 is 44.9. The van der Waals surface area contributed by atoms with Gasteiger partial charge in [0.25, 0.3) is 11.7 Å². The molecule has 2 N–H and O–H groups in total. The minimum Gasteiger partial charge on any atom is -0.508 e. The second-order valence-corrected chi connectivity index (χ2v) is 8.76. The molecule has 3 aromatic rings. The van der Waals surface area contributed by atoms with Crippen LogP contribution in [0.3, 0.4) is 0 Å². The van der Waals surface area contributed by atoms with Gasteiger partial charge in [0, 0.05) is 17.7 Å². The standard InChI is InChI=1S/C27H20F3NO5/c1-14-12-17-13-16(4-11-21(17)36-14)24(33)22-23(15-2-9-20(32)10-3-15)31(26(35)25(22)34)19-7-5-18(6-8-19)27(28,29)30/h2-11,13-14,23,32-33H,12H2,1H3/b24-22-. The first kappa shape index (κ1) is 23.5. The third-order valence-electron chi connectivity index (χ3n) is 6.30. The molecule has 184 valence electrons. The van der Waals surface area contributed by atoms with Crippen molar-refractivity contribution >= 4 is 23.1 Å². The number of carbonyl (C=O) groups excluding carboxylic acids is 2. The Morgan fingerprint density at radius 2 is 1.67 bits per heavy atom. The molecule has 2 atom stereocenters. The summed E-state index contributed by atoms with van der Waals surface area (Å²) in [5.74, 6) is -1.77. The lowest BCUT2D eigenvalue weighted by Crippen LogP contribution is -2.29. The van der Waals surface area contributed by atoms with Crippen LogP contribution in [-0.2, 0) is 22.2 Å². The molecule has 0 bridgehead atoms. The summed E-state index contributed by atoms with van der Waals surface area (Å²) in [6, 6.07) is 13.3. The Balaban J connectivity index is 1.65. The van der Waals surface area contributed by atoms with Crippen LogP contribution in [0, 0.1) is 0 Å². The molecule has 0 aliphatic carbocycles. The van der Waals surface area contributed by atoms with Crippen molar-refractivity contribution in [2.45, 2.75) is 31.7 Å². The number of ketones is 1. The second kappa shape index (κ2) is 8.44. The van der Waals surface area contributed by atoms with E-state index in [1.165, 1.54) is 24.3 Å². The molecule has 2 heterocycles. The SMILES string of the molecule is CC1Cc2cc(/C(O)=C3/C(=O)C(=O)N(c4ccc(C(F)(F)F)cc4)C3c3ccc(O)cc3)ccc2O1. The maximum absolute atomic E-state index is 13.2. The highest BCUT2D eigenvalue weighted by molar-refractivity contribution is 6.51. The molecule has 1 fully saturated rings. The lowest BCUT2D eigenvalue weighted by Gasteiger charge is -2.25. The number of nitrogens with zero attached hydrogens (tertiary/aromatic N) is 1. The molecular weight excluding hydrogens is 475 g/mol. The molecule has 3 aromatic carbocycles. The Kier molecular flexibility index (Phi) is 5.50. The number of anilines is 1. The van der Waals surface area contributed by atoms with E-state index >= 15 is 0 Å². The minimum absolute atomic E-state index is 0.0420. The Hall–Kier alpha value is -4.27. The number of phenolic OH excluding ortho intramolecular Hbond substituents is 1. The van der Waals surface area contributed by atoms with Crippen molar-refractivity contribution in [3.63, 3.8) is 0 Å². The van der Waals surface area contributed by atoms with Crippen molar-refractivity contribution in [2.24, 2.45) is 0 Å². The van der Waals surface area contributed by atoms with Crippen LogP contribution in [0.15, 0.2) is 72.3 Å². The van der Waals surface area contributed by atoms with Gasteiger partial charge in [-0.2, -0.15) is 13.2 Å². The van der Waals surface area contributed by atoms with Crippen LogP contribution in [-0.4, -0.2) is 28.0 Å². The third kappa shape index (κ3) is 3.96. The van der Waals surface area contributed by atoms with E-state index in [1.807, 2.05) is 6.92 Å². The number of fused-ring (bicyclic) bond motifs is 1. The Bertz CT molecular complexity index is 1390. The molecule has 0 aromatic heterocycles. The van der Waals surface area contributed by atoms with Gasteiger partial charge in [-0.05, 0) is 72.6 Å². The Morgan fingerprint density at radius 3 is 2.31 bits per heavy atom. The minimum atomic E-state index is -4.57. The maximum atomic E-state index is 13.2. The van der Waals surface area contributed by atoms with Crippen molar-refractivity contribution < 1.29 is 37.7 Å². The van der Waals surface area contributed by atoms with E-state index in [4.69, 9.17) is 4.74 Å². The molecule has 2 aliphatic rings. The van der Waals surface area contributed by atoms with E-state index in [0.29, 0.717) is 23.3 Å². The first-order valence-electron chi connectivity index (χ1n) is 11.1. The van der Waals surface area contributed by atoms with Gasteiger partial charge in [0.15, 0.2) is 0 Å². The molecule has 36 heavy (non-hydrogen) atoms. The topological polar surface area (TPSA) is 87.1 Å². The van der Waals surface area contributed by atoms with Crippen LogP contribution in [0.5, 0.6) is 11.5 Å². The van der Waals surface area contributed by atoms with Crippen molar-refractivity contribution in [1.29, 1.82) is 0 Å². The number of Topliss-reactive ketones (excluding diaryl/α,β-unsaturated/α-hetero) is 1. The third-order valence-corrected chi connectivity index (χ3v) is 6.30. The number of halogens is 3. The molecular formula is C27H20F3NO5. The molecule has 0 spiro atoms. The van der Waals surface area contributed by atoms with Crippen LogP contribution in [0.2, 0.25) is 0 Å². The Labute approximate surface area is 203 Å². The summed E-state index contributed by atoms with van der Waals surface area (Å²) in [5.41, 5.74) is 0.464. The van der Waals surface area contributed by atoms with E-state index < -0.39 is 35.2 Å². The number of carbonyl (C=O) groups is 2. The van der Waals surface area contributed by atoms with Gasteiger partial charge in [-0.15, -0.1) is 0 Å². The predicted octanol–water partition coefficient (Wildman–Crippen LogP) is 5.36. The zero-order chi connectivity index (χ0) is 25.8. The molecule has 1 saturated heterocycles. The number of aliphatic hydroxyl groups excluding tert-OH is 1. The number of phenols is 1. The predicted molar refractivity (Wildman–Crippen MR) is 125 cm³/mol. The van der Waals surface area contributed by atoms with Crippen LogP contribution in [0.1, 0.15) is 35.2 Å². The Morgan fingerprint density at radius 1 is 1.00 bits per heavy atom. The lowest BCUT2D eigenvalue weighted by atomic mass is 9.94. The number of hydrogen-bond acceptors (Lipinski definition) is 5. The van der Waals surface area contributed by atoms with E-state index in [0.717, 1.165) is 34.7 Å². The number of hydrogen-bond donors (Lipinski definition) is 2. The average molecular weight is 495 g/mol. The van der Waals surface area contributed by atoms with Gasteiger partial charge in [0.05, 0.1) is 17.2 Å². The summed E-state index contributed by atoms with van der Waals surface area (Å²) in [7, 11) is 0. The van der Waals surface area contributed by atoms with Gasteiger partial charge in [0.1, 0.15) is 23.4 Å². The number of aliphatic hydroxyl groups is 1. The summed E-state index contributed by atoms with van der Waals surface area (Å²) in [4.78, 5) is 27.4. The van der Waals surface area contributed by atoms with E-state index in [2.05, 4.69) is 0 Å². The molecule has 5 rings (SSSR count). The number of rotatable bonds is 3. The highest BCUT2D eigenvalue weighted by Gasteiger charge is 2.47. The fraction of sp³-hybridized carbons (Fsp3) is 0.185. The summed E-state index contributed by atoms with van der Waals surface area (Å²) in [6.45, 7) is 1.90. The van der Waals surface area contributed by atoms with Crippen LogP contribution in [0.4, 0.5) is 18.9 Å². The molecule has 9 heteroatoms. The largest absolute Gasteiger partial charge is 0.508 e. The highest BCUT2D eigenvalue weighted by atomic mass is 19.4. The van der Waals surface area contributed by atoms with Gasteiger partial charge < -0.3 is 14.9 Å². The molecule has 2 aliphatic heterocycles. The van der Waals surface area contributed by atoms with Crippen molar-refractivity contribution in [2.75, 3.05) is 4.90 Å². The van der Waals surface area contributed by atoms with E-state index in [1.54, 1.807) is 18.2 Å². The fourth-order valence-electron chi connectivity index (χ4n) is 4.61. The monoisotopic (exact) mass is 495 g/mol. The number of alkyl halides is 3. The number of ether oxygens (including phenoxy) is 1. The number of benzene rings is 3. The zero-order valence-corrected chi connectivity index (χ0v) is 18.9. The van der Waals surface area contributed by atoms with Gasteiger partial charge in [-0.25, -0.2) is 0 Å². The zero-order valence-electron chi connectivity index (χ0n) is 18.9. The number of amides is 1. The maximum Gasteiger partial charge on any atom is 0.416 e. The van der Waals surface area contributed by atoms with Crippen LogP contribution >= 0.6 is 0 Å². The molecule has 1 amide bonds. The molecule has 0 saturated carbocycles. The van der Waals surface area contributed by atoms with Crippen molar-refractivity contribution in [1.82, 2.24) is 0 Å². The van der Waals surface area contributed by atoms with E-state index in [9.17, 15) is 33.0 Å². The van der Waals surface area contributed by atoms with Crippen LogP contribution < -0.4 is 9.64 Å². The van der Waals surface area contributed by atoms with Crippen molar-refractivity contribution in [3.05, 3.63) is 94.6 Å². The quantitative estimate of drug-likeness (QED) is 0.290. The van der Waals surface area contributed by atoms with Gasteiger partial charge >= 0.3 is 6.18 Å². The molecule has 2 unspecified atom stereocenters. The first-order valence-corrected chi connectivity index (χ1v) is 11.1. The second-order valence-electron chi connectivity index (χ2n) is 8.76. The van der Waals surface area contributed by atoms with Crippen molar-refractivity contribution in [3.8, 4) is 11.5 Å². The summed E-state index contributed by atoms with van der Waals surface area (Å²) >= 11 is 0. The smallest absolute Gasteiger partial charge is 0.416 e. The normalized spacial score (nSPS) is 20.9. The first-order chi connectivity index (χ1) is 17.0. The highest BCUT2D eigenvalue weighted by Crippen LogP contribution is 2.43. The molecule has 6 nitrogen and oxygen atoms in total. The van der Waals surface area contributed by atoms with Gasteiger partial charge in [0.2, 0.25) is 0 Å². The summed E-state index contributed by atoms with van der Waals surface area (Å²) in [5, 5.41) is 21.0. The average Bonchev–Trinajstić information content (AvgIpc) is 3.34. The lowest BCUT2D eigenvalue weighted by molar-refractivity contribution is -0.137. The van der Waals surface area contributed by atoms with Gasteiger partial charge in [-0.3, -0.25) is 14.5 Å². The molecule has 0 radical (unpaired) electrons. The fourth-order valence-corrected chi connectivity index (χ4v) is 4.61.